The lowest BCUT2D eigenvalue weighted by Gasteiger charge is -2.48. The first-order valence-electron chi connectivity index (χ1n) is 12.5. The summed E-state index contributed by atoms with van der Waals surface area (Å²) in [7, 11) is 0. The van der Waals surface area contributed by atoms with Gasteiger partial charge in [-0.15, -0.1) is 0 Å². The molecule has 4 nitrogen and oxygen atoms in total. The number of ether oxygens (including phenoxy) is 1. The fourth-order valence-corrected chi connectivity index (χ4v) is 4.94. The van der Waals surface area contributed by atoms with E-state index in [4.69, 9.17) is 4.74 Å². The highest BCUT2D eigenvalue weighted by atomic mass is 16.5. The van der Waals surface area contributed by atoms with Gasteiger partial charge in [0.05, 0.1) is 0 Å². The smallest absolute Gasteiger partial charge is 0.332 e. The first-order valence-corrected chi connectivity index (χ1v) is 12.5. The fraction of sp³-hybridized carbons (Fsp3) is 0.367. The molecule has 0 atom stereocenters. The second kappa shape index (κ2) is 11.8. The third-order valence-electron chi connectivity index (χ3n) is 6.87. The van der Waals surface area contributed by atoms with Gasteiger partial charge in [-0.25, -0.2) is 4.79 Å². The van der Waals surface area contributed by atoms with Crippen LogP contribution >= 0.6 is 0 Å². The number of esters is 1. The van der Waals surface area contributed by atoms with Gasteiger partial charge in [0, 0.05) is 31.9 Å². The third-order valence-corrected chi connectivity index (χ3v) is 6.87. The van der Waals surface area contributed by atoms with Crippen LogP contribution in [-0.4, -0.2) is 42.6 Å². The van der Waals surface area contributed by atoms with Gasteiger partial charge in [-0.3, -0.25) is 0 Å². The minimum atomic E-state index is -0.643. The summed E-state index contributed by atoms with van der Waals surface area (Å²) >= 11 is 0. The van der Waals surface area contributed by atoms with Gasteiger partial charge in [0.25, 0.3) is 0 Å². The molecule has 178 valence electrons. The number of hydrogen-bond acceptors (Lipinski definition) is 4. The molecular formula is C30H36N2O2. The maximum atomic E-state index is 13.8. The summed E-state index contributed by atoms with van der Waals surface area (Å²) in [6.07, 6.45) is 3.54. The molecule has 1 heterocycles. The van der Waals surface area contributed by atoms with E-state index in [1.807, 2.05) is 36.4 Å². The molecule has 0 unspecified atom stereocenters. The highest BCUT2D eigenvalue weighted by Crippen LogP contribution is 2.35. The molecule has 0 aromatic heterocycles. The minimum Gasteiger partial charge on any atom is -0.459 e. The number of benzene rings is 3. The zero-order valence-corrected chi connectivity index (χ0v) is 20.2. The Bertz CT molecular complexity index is 1000. The van der Waals surface area contributed by atoms with E-state index < -0.39 is 5.54 Å². The summed E-state index contributed by atoms with van der Waals surface area (Å²) < 4.78 is 5.99. The van der Waals surface area contributed by atoms with Crippen molar-refractivity contribution in [2.75, 3.05) is 31.1 Å². The molecule has 3 aromatic rings. The van der Waals surface area contributed by atoms with Gasteiger partial charge in [-0.2, -0.15) is 0 Å². The first kappa shape index (κ1) is 24.0. The average molecular weight is 457 g/mol. The first-order chi connectivity index (χ1) is 16.7. The summed E-state index contributed by atoms with van der Waals surface area (Å²) in [4.78, 5) is 18.6. The standard InChI is InChI=1S/C30H36N2O2/c1-2-21-32(28-16-10-5-11-17-28)30(29(33)34-25-27-14-8-4-9-15-27)19-23-31(24-20-30)22-18-26-12-6-3-7-13-26/h3-17H,2,18-25H2,1H3. The summed E-state index contributed by atoms with van der Waals surface area (Å²) in [5.41, 5.74) is 2.83. The van der Waals surface area contributed by atoms with Crippen molar-refractivity contribution in [1.82, 2.24) is 4.90 Å². The zero-order valence-electron chi connectivity index (χ0n) is 20.2. The number of piperidine rings is 1. The molecule has 34 heavy (non-hydrogen) atoms. The Morgan fingerprint density at radius 1 is 0.853 bits per heavy atom. The second-order valence-electron chi connectivity index (χ2n) is 9.16. The van der Waals surface area contributed by atoms with Crippen LogP contribution in [0.3, 0.4) is 0 Å². The molecular weight excluding hydrogens is 420 g/mol. The molecule has 0 aliphatic carbocycles. The Hall–Kier alpha value is -3.11. The van der Waals surface area contributed by atoms with Crippen LogP contribution < -0.4 is 4.90 Å². The van der Waals surface area contributed by atoms with Crippen molar-refractivity contribution in [3.63, 3.8) is 0 Å². The van der Waals surface area contributed by atoms with Crippen molar-refractivity contribution in [2.45, 2.75) is 44.8 Å². The summed E-state index contributed by atoms with van der Waals surface area (Å²) in [6.45, 7) is 6.11. The molecule has 1 saturated heterocycles. The van der Waals surface area contributed by atoms with E-state index in [1.165, 1.54) is 5.56 Å². The van der Waals surface area contributed by atoms with Crippen LogP contribution in [0.5, 0.6) is 0 Å². The number of carbonyl (C=O) groups is 1. The van der Waals surface area contributed by atoms with E-state index in [1.54, 1.807) is 0 Å². The molecule has 3 aromatic carbocycles. The van der Waals surface area contributed by atoms with Gasteiger partial charge >= 0.3 is 5.97 Å². The largest absolute Gasteiger partial charge is 0.459 e. The van der Waals surface area contributed by atoms with Gasteiger partial charge < -0.3 is 14.5 Å². The van der Waals surface area contributed by atoms with Crippen molar-refractivity contribution < 1.29 is 9.53 Å². The van der Waals surface area contributed by atoms with E-state index in [0.717, 1.165) is 63.1 Å². The number of anilines is 1. The van der Waals surface area contributed by atoms with Crippen LogP contribution in [0.1, 0.15) is 37.3 Å². The SMILES string of the molecule is CCCN(c1ccccc1)C1(C(=O)OCc2ccccc2)CCN(CCc2ccccc2)CC1. The van der Waals surface area contributed by atoms with Gasteiger partial charge in [-0.05, 0) is 48.9 Å². The average Bonchev–Trinajstić information content (AvgIpc) is 2.91. The van der Waals surface area contributed by atoms with Crippen LogP contribution in [0.2, 0.25) is 0 Å². The predicted octanol–water partition coefficient (Wildman–Crippen LogP) is 5.72. The van der Waals surface area contributed by atoms with Gasteiger partial charge in [-0.1, -0.05) is 85.8 Å². The van der Waals surface area contributed by atoms with Crippen LogP contribution in [-0.2, 0) is 22.6 Å². The Morgan fingerprint density at radius 3 is 2.00 bits per heavy atom. The fourth-order valence-electron chi connectivity index (χ4n) is 4.94. The summed E-state index contributed by atoms with van der Waals surface area (Å²) in [6, 6.07) is 31.0. The highest BCUT2D eigenvalue weighted by molar-refractivity contribution is 5.85. The minimum absolute atomic E-state index is 0.101. The quantitative estimate of drug-likeness (QED) is 0.365. The molecule has 0 amide bonds. The molecule has 0 N–H and O–H groups in total. The summed E-state index contributed by atoms with van der Waals surface area (Å²) in [5, 5.41) is 0. The lowest BCUT2D eigenvalue weighted by Crippen LogP contribution is -2.61. The number of para-hydroxylation sites is 1. The van der Waals surface area contributed by atoms with E-state index in [-0.39, 0.29) is 5.97 Å². The maximum Gasteiger partial charge on any atom is 0.332 e. The van der Waals surface area contributed by atoms with E-state index in [9.17, 15) is 4.79 Å². The molecule has 4 rings (SSSR count). The molecule has 0 spiro atoms. The van der Waals surface area contributed by atoms with Gasteiger partial charge in [0.2, 0.25) is 0 Å². The number of rotatable bonds is 10. The van der Waals surface area contributed by atoms with Crippen LogP contribution in [0.15, 0.2) is 91.0 Å². The second-order valence-corrected chi connectivity index (χ2v) is 9.16. The number of hydrogen-bond donors (Lipinski definition) is 0. The lowest BCUT2D eigenvalue weighted by atomic mass is 9.84. The Kier molecular flexibility index (Phi) is 8.37. The van der Waals surface area contributed by atoms with Crippen LogP contribution in [0.4, 0.5) is 5.69 Å². The van der Waals surface area contributed by atoms with Gasteiger partial charge in [0.15, 0.2) is 0 Å². The van der Waals surface area contributed by atoms with Crippen molar-refractivity contribution in [1.29, 1.82) is 0 Å². The normalized spacial score (nSPS) is 15.6. The lowest BCUT2D eigenvalue weighted by molar-refractivity contribution is -0.153. The molecule has 0 radical (unpaired) electrons. The molecule has 0 saturated carbocycles. The Morgan fingerprint density at radius 2 is 1.41 bits per heavy atom. The van der Waals surface area contributed by atoms with Gasteiger partial charge in [0.1, 0.15) is 12.1 Å². The van der Waals surface area contributed by atoms with E-state index >= 15 is 0 Å². The predicted molar refractivity (Wildman–Crippen MR) is 139 cm³/mol. The number of likely N-dealkylation sites (tertiary alicyclic amines) is 1. The molecule has 4 heteroatoms. The molecule has 1 aliphatic heterocycles. The Balaban J connectivity index is 1.51. The number of nitrogens with zero attached hydrogens (tertiary/aromatic N) is 2. The monoisotopic (exact) mass is 456 g/mol. The van der Waals surface area contributed by atoms with Crippen molar-refractivity contribution >= 4 is 11.7 Å². The summed E-state index contributed by atoms with van der Waals surface area (Å²) in [5.74, 6) is -0.101. The Labute approximate surface area is 204 Å². The van der Waals surface area contributed by atoms with Crippen LogP contribution in [0, 0.1) is 0 Å². The zero-order chi connectivity index (χ0) is 23.6. The maximum absolute atomic E-state index is 13.8. The highest BCUT2D eigenvalue weighted by Gasteiger charge is 2.47. The van der Waals surface area contributed by atoms with Crippen molar-refractivity contribution in [3.05, 3.63) is 102 Å². The van der Waals surface area contributed by atoms with E-state index in [2.05, 4.69) is 71.3 Å². The van der Waals surface area contributed by atoms with Crippen molar-refractivity contribution in [2.24, 2.45) is 0 Å². The van der Waals surface area contributed by atoms with E-state index in [0.29, 0.717) is 6.61 Å². The van der Waals surface area contributed by atoms with Crippen LogP contribution in [0.25, 0.3) is 0 Å². The molecule has 1 aliphatic rings. The third kappa shape index (κ3) is 5.87. The molecule has 0 bridgehead atoms. The molecule has 1 fully saturated rings. The number of carbonyl (C=O) groups excluding carboxylic acids is 1. The topological polar surface area (TPSA) is 32.8 Å². The van der Waals surface area contributed by atoms with Crippen molar-refractivity contribution in [3.8, 4) is 0 Å².